The molecule has 12 heteroatoms. The number of fused-ring (bicyclic) bond motifs is 1. The first-order chi connectivity index (χ1) is 16.7. The van der Waals surface area contributed by atoms with E-state index in [1.54, 1.807) is 4.90 Å². The highest BCUT2D eigenvalue weighted by atomic mass is 32.2. The van der Waals surface area contributed by atoms with Crippen LogP contribution in [0.3, 0.4) is 0 Å². The molecule has 1 aromatic heterocycles. The molecule has 4 aliphatic rings. The average Bonchev–Trinajstić information content (AvgIpc) is 3.25. The number of nitrogens with zero attached hydrogens (tertiary/aromatic N) is 4. The minimum absolute atomic E-state index is 0.0124. The minimum Gasteiger partial charge on any atom is -0.453 e. The Morgan fingerprint density at radius 1 is 1.26 bits per heavy atom. The van der Waals surface area contributed by atoms with Gasteiger partial charge in [0.05, 0.1) is 38.3 Å². The Morgan fingerprint density at radius 3 is 2.57 bits per heavy atom. The number of aromatic nitrogens is 2. The summed E-state index contributed by atoms with van der Waals surface area (Å²) in [7, 11) is -2.27. The quantitative estimate of drug-likeness (QED) is 0.594. The van der Waals surface area contributed by atoms with E-state index < -0.39 is 34.2 Å². The van der Waals surface area contributed by atoms with Crippen molar-refractivity contribution in [1.82, 2.24) is 23.9 Å². The van der Waals surface area contributed by atoms with Crippen molar-refractivity contribution >= 4 is 16.3 Å². The highest BCUT2D eigenvalue weighted by Crippen LogP contribution is 2.66. The van der Waals surface area contributed by atoms with Gasteiger partial charge in [0.25, 0.3) is 10.2 Å². The summed E-state index contributed by atoms with van der Waals surface area (Å²) in [6.45, 7) is 5.32. The number of carbonyl (C=O) groups excluding carboxylic acids is 1. The number of likely N-dealkylation sites (tertiary alicyclic amines) is 1. The van der Waals surface area contributed by atoms with Gasteiger partial charge in [0.2, 0.25) is 0 Å². The van der Waals surface area contributed by atoms with Crippen molar-refractivity contribution in [2.45, 2.75) is 75.6 Å². The molecule has 1 aromatic rings. The summed E-state index contributed by atoms with van der Waals surface area (Å²) >= 11 is 0. The number of nitrogens with one attached hydrogen (secondary N) is 1. The first-order valence-electron chi connectivity index (χ1n) is 12.4. The third-order valence-electron chi connectivity index (χ3n) is 8.64. The third-order valence-corrected chi connectivity index (χ3v) is 10.3. The lowest BCUT2D eigenvalue weighted by atomic mass is 9.85. The predicted octanol–water partition coefficient (Wildman–Crippen LogP) is 1.83. The van der Waals surface area contributed by atoms with Crippen LogP contribution in [0.1, 0.15) is 51.8 Å². The van der Waals surface area contributed by atoms with Crippen LogP contribution in [0.25, 0.3) is 0 Å². The van der Waals surface area contributed by atoms with Crippen molar-refractivity contribution in [2.24, 2.45) is 11.8 Å². The van der Waals surface area contributed by atoms with E-state index in [0.717, 1.165) is 25.7 Å². The number of amides is 1. The zero-order chi connectivity index (χ0) is 25.0. The molecule has 7 atom stereocenters. The zero-order valence-electron chi connectivity index (χ0n) is 20.4. The van der Waals surface area contributed by atoms with Crippen molar-refractivity contribution < 1.29 is 27.1 Å². The molecule has 5 rings (SSSR count). The molecule has 2 aliphatic carbocycles. The molecular weight excluding hydrogens is 477 g/mol. The van der Waals surface area contributed by atoms with Gasteiger partial charge in [0.15, 0.2) is 5.82 Å². The first kappa shape index (κ1) is 24.8. The van der Waals surface area contributed by atoms with E-state index in [1.165, 1.54) is 23.8 Å². The molecule has 194 valence electrons. The summed E-state index contributed by atoms with van der Waals surface area (Å²) < 4.78 is 54.4. The monoisotopic (exact) mass is 511 g/mol. The number of hydrogen-bond acceptors (Lipinski definition) is 7. The van der Waals surface area contributed by atoms with Crippen molar-refractivity contribution in [1.29, 1.82) is 0 Å². The van der Waals surface area contributed by atoms with Crippen molar-refractivity contribution in [3.63, 3.8) is 0 Å². The van der Waals surface area contributed by atoms with Crippen LogP contribution in [0.2, 0.25) is 0 Å². The van der Waals surface area contributed by atoms with Crippen LogP contribution in [0.15, 0.2) is 12.4 Å². The minimum atomic E-state index is -3.61. The van der Waals surface area contributed by atoms with E-state index in [2.05, 4.69) is 21.6 Å². The lowest BCUT2D eigenvalue weighted by Crippen LogP contribution is -2.55. The fraction of sp³-hybridized carbons (Fsp3) is 0.783. The summed E-state index contributed by atoms with van der Waals surface area (Å²) in [5, 5.41) is 0. The smallest absolute Gasteiger partial charge is 0.410 e. The number of methoxy groups -OCH3 is 1. The zero-order valence-corrected chi connectivity index (χ0v) is 21.2. The summed E-state index contributed by atoms with van der Waals surface area (Å²) in [5.74, 6) is 1.01. The second kappa shape index (κ2) is 9.20. The summed E-state index contributed by atoms with van der Waals surface area (Å²) in [4.78, 5) is 22.7. The Labute approximate surface area is 205 Å². The molecule has 1 unspecified atom stereocenters. The van der Waals surface area contributed by atoms with Gasteiger partial charge in [-0.1, -0.05) is 6.92 Å². The Hall–Kier alpha value is -1.89. The topological polar surface area (TPSA) is 114 Å². The fourth-order valence-electron chi connectivity index (χ4n) is 6.47. The van der Waals surface area contributed by atoms with Crippen LogP contribution in [0.4, 0.5) is 9.18 Å². The van der Waals surface area contributed by atoms with Gasteiger partial charge < -0.3 is 9.47 Å². The molecule has 2 saturated heterocycles. The third kappa shape index (κ3) is 4.32. The Kier molecular flexibility index (Phi) is 6.52. The predicted molar refractivity (Wildman–Crippen MR) is 124 cm³/mol. The van der Waals surface area contributed by atoms with Gasteiger partial charge in [0, 0.05) is 30.6 Å². The number of carbonyl (C=O) groups is 1. The number of halogens is 1. The van der Waals surface area contributed by atoms with E-state index >= 15 is 0 Å². The second-order valence-electron chi connectivity index (χ2n) is 10.4. The van der Waals surface area contributed by atoms with Crippen LogP contribution in [0, 0.1) is 17.7 Å². The van der Waals surface area contributed by atoms with Crippen LogP contribution in [-0.4, -0.2) is 84.7 Å². The molecule has 0 bridgehead atoms. The maximum atomic E-state index is 13.3. The molecule has 3 heterocycles. The molecule has 0 radical (unpaired) electrons. The normalized spacial score (nSPS) is 37.0. The lowest BCUT2D eigenvalue weighted by molar-refractivity contribution is -0.0104. The maximum Gasteiger partial charge on any atom is 0.410 e. The summed E-state index contributed by atoms with van der Waals surface area (Å²) in [6, 6.07) is -1.10. The maximum absolute atomic E-state index is 13.3. The molecular formula is C23H34FN5O5S. The summed E-state index contributed by atoms with van der Waals surface area (Å²) in [6.07, 6.45) is 5.78. The molecule has 35 heavy (non-hydrogen) atoms. The van der Waals surface area contributed by atoms with Crippen LogP contribution in [0.5, 0.6) is 0 Å². The van der Waals surface area contributed by atoms with E-state index in [1.807, 2.05) is 6.92 Å². The largest absolute Gasteiger partial charge is 0.453 e. The SMILES string of the molecule is COC(=O)N1[C@H](C)C[C@H](NS(=O)(=O)N2CCC2)[C@@H]1CO[C@H]1CC[C@]2(c3ncc(F)cn3)C(C1)[C@@H]2C. The van der Waals surface area contributed by atoms with Crippen LogP contribution >= 0.6 is 0 Å². The molecule has 2 saturated carbocycles. The first-order valence-corrected chi connectivity index (χ1v) is 13.8. The number of hydrogen-bond donors (Lipinski definition) is 1. The molecule has 0 spiro atoms. The lowest BCUT2D eigenvalue weighted by Gasteiger charge is -2.34. The standard InChI is InChI=1S/C23H34FN5O5S/c1-14-9-19(27-35(31,32)28-7-4-8-28)20(29(14)22(30)33-3)13-34-17-5-6-23(15(2)18(23)10-17)21-25-11-16(24)12-26-21/h11-12,14-15,17-20,27H,4-10,13H2,1-3H3/t14-,15+,17+,18?,19+,20+,23-/m1/s1. The molecule has 10 nitrogen and oxygen atoms in total. The number of rotatable bonds is 7. The fourth-order valence-corrected chi connectivity index (χ4v) is 7.99. The van der Waals surface area contributed by atoms with E-state index in [4.69, 9.17) is 9.47 Å². The molecule has 0 aromatic carbocycles. The van der Waals surface area contributed by atoms with E-state index in [-0.39, 0.29) is 24.2 Å². The average molecular weight is 512 g/mol. The van der Waals surface area contributed by atoms with Gasteiger partial charge in [0.1, 0.15) is 5.82 Å². The van der Waals surface area contributed by atoms with Gasteiger partial charge in [-0.25, -0.2) is 19.2 Å². The van der Waals surface area contributed by atoms with Crippen molar-refractivity contribution in [3.05, 3.63) is 24.0 Å². The highest BCUT2D eigenvalue weighted by molar-refractivity contribution is 7.87. The van der Waals surface area contributed by atoms with Gasteiger partial charge in [-0.2, -0.15) is 17.4 Å². The Balaban J connectivity index is 1.25. The Bertz CT molecular complexity index is 1050. The second-order valence-corrected chi connectivity index (χ2v) is 12.1. The Morgan fingerprint density at radius 2 is 1.97 bits per heavy atom. The van der Waals surface area contributed by atoms with Gasteiger partial charge in [-0.15, -0.1) is 0 Å². The number of ether oxygens (including phenoxy) is 2. The van der Waals surface area contributed by atoms with E-state index in [9.17, 15) is 17.6 Å². The molecule has 1 N–H and O–H groups in total. The van der Waals surface area contributed by atoms with Gasteiger partial charge >= 0.3 is 6.09 Å². The van der Waals surface area contributed by atoms with Crippen LogP contribution in [-0.2, 0) is 25.1 Å². The van der Waals surface area contributed by atoms with Gasteiger partial charge in [-0.3, -0.25) is 4.90 Å². The van der Waals surface area contributed by atoms with Crippen molar-refractivity contribution in [2.75, 3.05) is 26.8 Å². The summed E-state index contributed by atoms with van der Waals surface area (Å²) in [5.41, 5.74) is -0.122. The molecule has 4 fully saturated rings. The van der Waals surface area contributed by atoms with E-state index in [0.29, 0.717) is 37.2 Å². The van der Waals surface area contributed by atoms with Gasteiger partial charge in [-0.05, 0) is 50.9 Å². The van der Waals surface area contributed by atoms with Crippen LogP contribution < -0.4 is 4.72 Å². The van der Waals surface area contributed by atoms with Crippen molar-refractivity contribution in [3.8, 4) is 0 Å². The highest BCUT2D eigenvalue weighted by Gasteiger charge is 2.66. The molecule has 2 aliphatic heterocycles. The molecule has 1 amide bonds.